The Hall–Kier alpha value is -0.190. The molecule has 3 heterocycles. The quantitative estimate of drug-likeness (QED) is 0.352. The number of nitriles is 1. The highest BCUT2D eigenvalue weighted by molar-refractivity contribution is 4.77. The topological polar surface area (TPSA) is 90.0 Å². The van der Waals surface area contributed by atoms with Crippen LogP contribution in [-0.2, 0) is 0 Å². The zero-order valence-electron chi connectivity index (χ0n) is 8.17. The van der Waals surface area contributed by atoms with Crippen molar-refractivity contribution in [2.45, 2.75) is 0 Å². The van der Waals surface area contributed by atoms with E-state index in [1.165, 1.54) is 39.3 Å². The number of hydrogen-bond acceptors (Lipinski definition) is 2. The van der Waals surface area contributed by atoms with Crippen molar-refractivity contribution in [3.8, 4) is 6.07 Å². The first kappa shape index (κ1) is 16.2. The molecule has 4 N–H and O–H groups in total. The molecule has 3 fully saturated rings. The van der Waals surface area contributed by atoms with Crippen molar-refractivity contribution in [1.29, 1.82) is 5.26 Å². The van der Waals surface area contributed by atoms with Gasteiger partial charge in [-0.3, -0.25) is 4.90 Å². The van der Waals surface area contributed by atoms with Crippen LogP contribution in [0.5, 0.6) is 0 Å². The smallest absolute Gasteiger partial charge is 0.166 e. The number of piperazine rings is 3. The number of quaternary nitrogens is 1. The predicted molar refractivity (Wildman–Crippen MR) is 49.0 cm³/mol. The van der Waals surface area contributed by atoms with Crippen molar-refractivity contribution in [1.82, 2.24) is 4.90 Å². The Morgan fingerprint density at radius 1 is 1.07 bits per heavy atom. The van der Waals surface area contributed by atoms with Crippen LogP contribution in [0.1, 0.15) is 0 Å². The first-order chi connectivity index (χ1) is 5.35. The van der Waals surface area contributed by atoms with Gasteiger partial charge in [-0.25, -0.2) is 0 Å². The van der Waals surface area contributed by atoms with Gasteiger partial charge in [-0.2, -0.15) is 5.26 Å². The van der Waals surface area contributed by atoms with Crippen molar-refractivity contribution in [2.24, 2.45) is 0 Å². The molecular formula is C8H18BrN3O2. The Kier molecular flexibility index (Phi) is 7.34. The summed E-state index contributed by atoms with van der Waals surface area (Å²) in [5, 5.41) is 8.65. The second kappa shape index (κ2) is 6.32. The van der Waals surface area contributed by atoms with Crippen molar-refractivity contribution >= 4 is 0 Å². The summed E-state index contributed by atoms with van der Waals surface area (Å²) >= 11 is 0. The molecule has 0 aromatic heterocycles. The lowest BCUT2D eigenvalue weighted by atomic mass is 10.1. The lowest BCUT2D eigenvalue weighted by molar-refractivity contribution is -0.934. The summed E-state index contributed by atoms with van der Waals surface area (Å²) in [7, 11) is 0. The summed E-state index contributed by atoms with van der Waals surface area (Å²) in [6.07, 6.45) is 0. The summed E-state index contributed by atoms with van der Waals surface area (Å²) in [6, 6.07) is 2.31. The first-order valence-corrected chi connectivity index (χ1v) is 4.29. The minimum absolute atomic E-state index is 0. The maximum atomic E-state index is 8.65. The van der Waals surface area contributed by atoms with E-state index in [0.29, 0.717) is 0 Å². The maximum Gasteiger partial charge on any atom is 0.166 e. The fraction of sp³-hybridized carbons (Fsp3) is 0.875. The molecule has 0 aromatic rings. The van der Waals surface area contributed by atoms with E-state index in [-0.39, 0.29) is 27.9 Å². The van der Waals surface area contributed by atoms with Gasteiger partial charge in [-0.15, -0.1) is 0 Å². The van der Waals surface area contributed by atoms with Gasteiger partial charge in [0, 0.05) is 19.6 Å². The molecule has 0 spiro atoms. The van der Waals surface area contributed by atoms with Gasteiger partial charge in [0.05, 0.1) is 19.6 Å². The molecule has 0 unspecified atom stereocenters. The van der Waals surface area contributed by atoms with Crippen molar-refractivity contribution < 1.29 is 32.4 Å². The van der Waals surface area contributed by atoms with Gasteiger partial charge < -0.3 is 32.4 Å². The molecule has 3 rings (SSSR count). The molecular weight excluding hydrogens is 250 g/mol. The van der Waals surface area contributed by atoms with Crippen LogP contribution in [0.15, 0.2) is 0 Å². The fourth-order valence-electron chi connectivity index (χ4n) is 2.12. The van der Waals surface area contributed by atoms with Crippen LogP contribution >= 0.6 is 0 Å². The van der Waals surface area contributed by atoms with Crippen LogP contribution in [-0.4, -0.2) is 66.1 Å². The fourth-order valence-corrected chi connectivity index (χ4v) is 2.12. The van der Waals surface area contributed by atoms with Crippen LogP contribution in [0.25, 0.3) is 0 Å². The standard InChI is InChI=1S/C8H14N3.BrH.2H2O/c9-1-5-11-6-2-10(3-7-11)4-8-11;;;/h2-8H2;1H;2*1H2/q+1;;;/p-1. The van der Waals surface area contributed by atoms with Gasteiger partial charge in [-0.1, -0.05) is 0 Å². The number of rotatable bonds is 1. The number of fused-ring (bicyclic) bond motifs is 3. The van der Waals surface area contributed by atoms with E-state index in [1.807, 2.05) is 0 Å². The van der Waals surface area contributed by atoms with E-state index in [0.717, 1.165) is 11.0 Å². The van der Waals surface area contributed by atoms with E-state index in [4.69, 9.17) is 5.26 Å². The molecule has 3 saturated heterocycles. The van der Waals surface area contributed by atoms with Crippen molar-refractivity contribution in [3.05, 3.63) is 0 Å². The zero-order valence-corrected chi connectivity index (χ0v) is 9.76. The van der Waals surface area contributed by atoms with Gasteiger partial charge in [0.25, 0.3) is 0 Å². The highest BCUT2D eigenvalue weighted by Crippen LogP contribution is 2.18. The third kappa shape index (κ3) is 2.90. The Morgan fingerprint density at radius 2 is 1.50 bits per heavy atom. The van der Waals surface area contributed by atoms with E-state index in [9.17, 15) is 0 Å². The van der Waals surface area contributed by atoms with E-state index in [1.54, 1.807) is 0 Å². The predicted octanol–water partition coefficient (Wildman–Crippen LogP) is -4.99. The monoisotopic (exact) mass is 267 g/mol. The molecule has 14 heavy (non-hydrogen) atoms. The van der Waals surface area contributed by atoms with Crippen LogP contribution in [0.4, 0.5) is 0 Å². The van der Waals surface area contributed by atoms with E-state index >= 15 is 0 Å². The molecule has 0 aliphatic carbocycles. The van der Waals surface area contributed by atoms with Gasteiger partial charge in [-0.05, 0) is 0 Å². The van der Waals surface area contributed by atoms with Crippen LogP contribution in [0.2, 0.25) is 0 Å². The number of nitrogens with zero attached hydrogens (tertiary/aromatic N) is 3. The zero-order chi connectivity index (χ0) is 7.73. The van der Waals surface area contributed by atoms with Crippen LogP contribution in [0, 0.1) is 11.3 Å². The Morgan fingerprint density at radius 3 is 1.86 bits per heavy atom. The molecule has 2 bridgehead atoms. The van der Waals surface area contributed by atoms with Crippen LogP contribution in [0.3, 0.4) is 0 Å². The van der Waals surface area contributed by atoms with Gasteiger partial charge in [0.2, 0.25) is 0 Å². The van der Waals surface area contributed by atoms with E-state index < -0.39 is 0 Å². The van der Waals surface area contributed by atoms with E-state index in [2.05, 4.69) is 11.0 Å². The van der Waals surface area contributed by atoms with Gasteiger partial charge >= 0.3 is 0 Å². The lowest BCUT2D eigenvalue weighted by Crippen LogP contribution is -3.00. The first-order valence-electron chi connectivity index (χ1n) is 4.29. The summed E-state index contributed by atoms with van der Waals surface area (Å²) < 4.78 is 1.08. The molecule has 0 atom stereocenters. The molecule has 0 radical (unpaired) electrons. The third-order valence-electron chi connectivity index (χ3n) is 3.08. The second-order valence-electron chi connectivity index (χ2n) is 3.67. The average Bonchev–Trinajstić information content (AvgIpc) is 2.07. The molecule has 84 valence electrons. The molecule has 6 heteroatoms. The van der Waals surface area contributed by atoms with Gasteiger partial charge in [0.1, 0.15) is 6.07 Å². The number of halogens is 1. The summed E-state index contributed by atoms with van der Waals surface area (Å²) in [5.74, 6) is 0. The molecule has 3 aliphatic rings. The molecule has 3 aliphatic heterocycles. The highest BCUT2D eigenvalue weighted by Gasteiger charge is 2.37. The summed E-state index contributed by atoms with van der Waals surface area (Å²) in [4.78, 5) is 2.50. The van der Waals surface area contributed by atoms with Crippen LogP contribution < -0.4 is 17.0 Å². The normalized spacial score (nSPS) is 32.9. The summed E-state index contributed by atoms with van der Waals surface area (Å²) in [5.41, 5.74) is 0. The summed E-state index contributed by atoms with van der Waals surface area (Å²) in [6.45, 7) is 7.97. The average molecular weight is 268 g/mol. The highest BCUT2D eigenvalue weighted by atomic mass is 79.9. The molecule has 0 saturated carbocycles. The SMILES string of the molecule is N#CC[N+]12CCN(CC1)CC2.O.O.[Br-]. The molecule has 5 nitrogen and oxygen atoms in total. The third-order valence-corrected chi connectivity index (χ3v) is 3.08. The Labute approximate surface area is 94.9 Å². The maximum absolute atomic E-state index is 8.65. The van der Waals surface area contributed by atoms with Gasteiger partial charge in [0.15, 0.2) is 6.54 Å². The lowest BCUT2D eigenvalue weighted by Gasteiger charge is -2.49. The second-order valence-corrected chi connectivity index (χ2v) is 3.67. The molecule has 0 amide bonds. The molecule has 0 aromatic carbocycles. The largest absolute Gasteiger partial charge is 1.00 e. The van der Waals surface area contributed by atoms with Crippen molar-refractivity contribution in [3.63, 3.8) is 0 Å². The minimum atomic E-state index is 0. The van der Waals surface area contributed by atoms with Crippen molar-refractivity contribution in [2.75, 3.05) is 45.8 Å². The Balaban J connectivity index is 0. The number of hydrogen-bond donors (Lipinski definition) is 0. The minimum Gasteiger partial charge on any atom is -1.00 e. The Bertz CT molecular complexity index is 185.